The molecule has 0 saturated carbocycles. The molecule has 2 saturated heterocycles. The highest BCUT2D eigenvalue weighted by atomic mass is 35.5. The Bertz CT molecular complexity index is 1030. The number of nitrogen functional groups attached to an aromatic ring is 1. The fraction of sp³-hybridized carbons (Fsp3) is 0.552. The van der Waals surface area contributed by atoms with Gasteiger partial charge in [-0.05, 0) is 99.3 Å². The lowest BCUT2D eigenvalue weighted by Crippen LogP contribution is -2.45. The molecule has 3 N–H and O–H groups in total. The molecule has 2 amide bonds. The summed E-state index contributed by atoms with van der Waals surface area (Å²) in [6.45, 7) is 4.31. The number of benzene rings is 1. The third-order valence-corrected chi connectivity index (χ3v) is 8.30. The molecule has 2 aliphatic rings. The van der Waals surface area contributed by atoms with Crippen molar-refractivity contribution in [1.29, 1.82) is 0 Å². The van der Waals surface area contributed by atoms with E-state index in [1.807, 2.05) is 36.4 Å². The van der Waals surface area contributed by atoms with Crippen LogP contribution in [0.4, 0.5) is 5.82 Å². The van der Waals surface area contributed by atoms with E-state index in [0.29, 0.717) is 17.6 Å². The summed E-state index contributed by atoms with van der Waals surface area (Å²) in [6.07, 6.45) is 8.08. The van der Waals surface area contributed by atoms with Gasteiger partial charge in [0.1, 0.15) is 5.82 Å². The Balaban J connectivity index is 1.20. The standard InChI is InChI=1S/C29H40ClN5O2/c1-32-28(36)25(5-2-21-3-6-26(30)7-4-21)18-22-9-16-35(17-10-22)29(37)24-11-14-34(15-12-24)20-23-8-13-33-27(31)19-23/h3-4,6-8,13,19,22,24-25H,2,5,9-12,14-18,20H2,1H3,(H2,31,33)(H,32,36)/t25-/m1/s1. The normalized spacial score (nSPS) is 18.5. The number of rotatable bonds is 9. The van der Waals surface area contributed by atoms with Gasteiger partial charge < -0.3 is 16.0 Å². The maximum absolute atomic E-state index is 13.2. The van der Waals surface area contributed by atoms with Gasteiger partial charge in [0, 0.05) is 49.7 Å². The number of pyridine rings is 1. The smallest absolute Gasteiger partial charge is 0.225 e. The first-order chi connectivity index (χ1) is 17.9. The van der Waals surface area contributed by atoms with E-state index in [1.165, 1.54) is 11.1 Å². The second kappa shape index (κ2) is 13.2. The number of halogens is 1. The van der Waals surface area contributed by atoms with E-state index in [1.54, 1.807) is 13.2 Å². The van der Waals surface area contributed by atoms with Crippen LogP contribution in [-0.2, 0) is 22.6 Å². The minimum atomic E-state index is -0.00648. The topological polar surface area (TPSA) is 91.6 Å². The van der Waals surface area contributed by atoms with Crippen LogP contribution in [0.2, 0.25) is 5.02 Å². The minimum absolute atomic E-state index is 0.00648. The van der Waals surface area contributed by atoms with Crippen LogP contribution in [0.15, 0.2) is 42.6 Å². The van der Waals surface area contributed by atoms with Crippen LogP contribution in [0.5, 0.6) is 0 Å². The Kier molecular flexibility index (Phi) is 9.81. The first-order valence-corrected chi connectivity index (χ1v) is 14.0. The minimum Gasteiger partial charge on any atom is -0.384 e. The van der Waals surface area contributed by atoms with Crippen LogP contribution in [0.1, 0.15) is 49.7 Å². The van der Waals surface area contributed by atoms with Gasteiger partial charge in [-0.15, -0.1) is 0 Å². The van der Waals surface area contributed by atoms with Crippen molar-refractivity contribution in [3.8, 4) is 0 Å². The molecule has 0 bridgehead atoms. The molecule has 1 aromatic heterocycles. The summed E-state index contributed by atoms with van der Waals surface area (Å²) in [5, 5.41) is 3.58. The molecule has 0 unspecified atom stereocenters. The number of carbonyl (C=O) groups is 2. The molecule has 2 aromatic rings. The third kappa shape index (κ3) is 7.92. The van der Waals surface area contributed by atoms with Gasteiger partial charge in [0.2, 0.25) is 11.8 Å². The number of aryl methyl sites for hydroxylation is 1. The second-order valence-electron chi connectivity index (χ2n) is 10.6. The summed E-state index contributed by atoms with van der Waals surface area (Å²) in [4.78, 5) is 34.4. The van der Waals surface area contributed by atoms with E-state index >= 15 is 0 Å². The predicted molar refractivity (Wildman–Crippen MR) is 148 cm³/mol. The molecule has 2 fully saturated rings. The van der Waals surface area contributed by atoms with Gasteiger partial charge in [0.05, 0.1) is 0 Å². The number of piperidine rings is 2. The Morgan fingerprint density at radius 2 is 1.76 bits per heavy atom. The fourth-order valence-electron chi connectivity index (χ4n) is 5.79. The Morgan fingerprint density at radius 3 is 2.41 bits per heavy atom. The van der Waals surface area contributed by atoms with Crippen molar-refractivity contribution in [2.45, 2.75) is 51.5 Å². The molecule has 4 rings (SSSR count). The molecular formula is C29H40ClN5O2. The average molecular weight is 526 g/mol. The van der Waals surface area contributed by atoms with Gasteiger partial charge in [-0.25, -0.2) is 4.98 Å². The Morgan fingerprint density at radius 1 is 1.05 bits per heavy atom. The van der Waals surface area contributed by atoms with E-state index < -0.39 is 0 Å². The summed E-state index contributed by atoms with van der Waals surface area (Å²) in [5.74, 6) is 1.58. The van der Waals surface area contributed by atoms with Crippen LogP contribution in [0.3, 0.4) is 0 Å². The largest absolute Gasteiger partial charge is 0.384 e. The van der Waals surface area contributed by atoms with E-state index in [2.05, 4.69) is 20.1 Å². The molecule has 8 heteroatoms. The Hall–Kier alpha value is -2.64. The number of likely N-dealkylation sites (tertiary alicyclic amines) is 2. The van der Waals surface area contributed by atoms with Gasteiger partial charge >= 0.3 is 0 Å². The molecule has 0 radical (unpaired) electrons. The van der Waals surface area contributed by atoms with Crippen molar-refractivity contribution in [1.82, 2.24) is 20.1 Å². The number of aromatic nitrogens is 1. The molecule has 37 heavy (non-hydrogen) atoms. The van der Waals surface area contributed by atoms with Gasteiger partial charge in [0.25, 0.3) is 0 Å². The number of nitrogens with one attached hydrogen (secondary N) is 1. The van der Waals surface area contributed by atoms with E-state index in [4.69, 9.17) is 17.3 Å². The van der Waals surface area contributed by atoms with Crippen molar-refractivity contribution in [2.24, 2.45) is 17.8 Å². The van der Waals surface area contributed by atoms with Crippen molar-refractivity contribution >= 4 is 29.2 Å². The number of anilines is 1. The summed E-state index contributed by atoms with van der Waals surface area (Å²) in [5.41, 5.74) is 8.18. The highest BCUT2D eigenvalue weighted by molar-refractivity contribution is 6.30. The zero-order valence-corrected chi connectivity index (χ0v) is 22.6. The van der Waals surface area contributed by atoms with Gasteiger partial charge in [0.15, 0.2) is 0 Å². The average Bonchev–Trinajstić information content (AvgIpc) is 2.92. The van der Waals surface area contributed by atoms with Crippen molar-refractivity contribution in [3.63, 3.8) is 0 Å². The SMILES string of the molecule is CNC(=O)[C@H](CCc1ccc(Cl)cc1)CC1CCN(C(=O)C2CCN(Cc3ccnc(N)c3)CC2)CC1. The summed E-state index contributed by atoms with van der Waals surface area (Å²) in [7, 11) is 1.72. The summed E-state index contributed by atoms with van der Waals surface area (Å²) in [6, 6.07) is 11.8. The fourth-order valence-corrected chi connectivity index (χ4v) is 5.92. The van der Waals surface area contributed by atoms with E-state index in [0.717, 1.165) is 82.7 Å². The van der Waals surface area contributed by atoms with Gasteiger partial charge in [-0.2, -0.15) is 0 Å². The lowest BCUT2D eigenvalue weighted by molar-refractivity contribution is -0.139. The molecule has 7 nitrogen and oxygen atoms in total. The molecule has 2 aliphatic heterocycles. The number of hydrogen-bond donors (Lipinski definition) is 2. The highest BCUT2D eigenvalue weighted by Gasteiger charge is 2.32. The molecule has 1 atom stereocenters. The quantitative estimate of drug-likeness (QED) is 0.513. The molecular weight excluding hydrogens is 486 g/mol. The summed E-state index contributed by atoms with van der Waals surface area (Å²) < 4.78 is 0. The first-order valence-electron chi connectivity index (χ1n) is 13.6. The summed E-state index contributed by atoms with van der Waals surface area (Å²) >= 11 is 6.00. The number of hydrogen-bond acceptors (Lipinski definition) is 5. The number of amides is 2. The molecule has 3 heterocycles. The number of nitrogens with zero attached hydrogens (tertiary/aromatic N) is 3. The molecule has 200 valence electrons. The van der Waals surface area contributed by atoms with Crippen LogP contribution in [0, 0.1) is 17.8 Å². The lowest BCUT2D eigenvalue weighted by Gasteiger charge is -2.38. The number of nitrogens with two attached hydrogens (primary N) is 1. The zero-order valence-electron chi connectivity index (χ0n) is 21.9. The monoisotopic (exact) mass is 525 g/mol. The maximum atomic E-state index is 13.2. The predicted octanol–water partition coefficient (Wildman–Crippen LogP) is 4.15. The van der Waals surface area contributed by atoms with Crippen molar-refractivity contribution in [3.05, 3.63) is 58.7 Å². The first kappa shape index (κ1) is 27.4. The second-order valence-corrected chi connectivity index (χ2v) is 11.1. The van der Waals surface area contributed by atoms with E-state index in [-0.39, 0.29) is 17.7 Å². The van der Waals surface area contributed by atoms with Crippen LogP contribution < -0.4 is 11.1 Å². The van der Waals surface area contributed by atoms with Crippen LogP contribution in [0.25, 0.3) is 0 Å². The molecule has 1 aromatic carbocycles. The van der Waals surface area contributed by atoms with E-state index in [9.17, 15) is 9.59 Å². The van der Waals surface area contributed by atoms with Crippen LogP contribution >= 0.6 is 11.6 Å². The van der Waals surface area contributed by atoms with Gasteiger partial charge in [-0.3, -0.25) is 14.5 Å². The molecule has 0 aliphatic carbocycles. The lowest BCUT2D eigenvalue weighted by atomic mass is 9.83. The van der Waals surface area contributed by atoms with Crippen LogP contribution in [-0.4, -0.2) is 59.8 Å². The Labute approximate surface area is 225 Å². The van der Waals surface area contributed by atoms with Crippen molar-refractivity contribution < 1.29 is 9.59 Å². The highest BCUT2D eigenvalue weighted by Crippen LogP contribution is 2.29. The number of carbonyl (C=O) groups excluding carboxylic acids is 2. The van der Waals surface area contributed by atoms with Crippen molar-refractivity contribution in [2.75, 3.05) is 39.0 Å². The third-order valence-electron chi connectivity index (χ3n) is 8.04. The van der Waals surface area contributed by atoms with Gasteiger partial charge in [-0.1, -0.05) is 23.7 Å². The molecule has 0 spiro atoms. The zero-order chi connectivity index (χ0) is 26.2. The maximum Gasteiger partial charge on any atom is 0.225 e.